The highest BCUT2D eigenvalue weighted by Gasteiger charge is 2.27. The van der Waals surface area contributed by atoms with Crippen LogP contribution in [0.3, 0.4) is 0 Å². The fourth-order valence-electron chi connectivity index (χ4n) is 4.52. The van der Waals surface area contributed by atoms with Crippen LogP contribution in [0.1, 0.15) is 60.0 Å². The van der Waals surface area contributed by atoms with Crippen molar-refractivity contribution in [2.75, 3.05) is 31.1 Å². The number of hydrogen-bond donors (Lipinski definition) is 1. The van der Waals surface area contributed by atoms with Gasteiger partial charge in [0.05, 0.1) is 4.90 Å². The Labute approximate surface area is 191 Å². The molecule has 172 valence electrons. The lowest BCUT2D eigenvalue weighted by Crippen LogP contribution is -2.32. The Bertz CT molecular complexity index is 1040. The van der Waals surface area contributed by atoms with Crippen LogP contribution in [0, 0.1) is 6.92 Å². The minimum absolute atomic E-state index is 0.238. The van der Waals surface area contributed by atoms with Crippen LogP contribution < -0.4 is 10.2 Å². The summed E-state index contributed by atoms with van der Waals surface area (Å²) in [5.74, 6) is -0.263. The van der Waals surface area contributed by atoms with Gasteiger partial charge in [-0.25, -0.2) is 8.42 Å². The number of rotatable bonds is 6. The third-order valence-electron chi connectivity index (χ3n) is 6.49. The molecule has 2 heterocycles. The van der Waals surface area contributed by atoms with Gasteiger partial charge >= 0.3 is 0 Å². The van der Waals surface area contributed by atoms with Crippen molar-refractivity contribution < 1.29 is 13.2 Å². The van der Waals surface area contributed by atoms with Gasteiger partial charge in [0.15, 0.2) is 0 Å². The molecule has 2 fully saturated rings. The zero-order chi connectivity index (χ0) is 22.6. The van der Waals surface area contributed by atoms with Gasteiger partial charge in [0.2, 0.25) is 10.0 Å². The van der Waals surface area contributed by atoms with E-state index >= 15 is 0 Å². The van der Waals surface area contributed by atoms with E-state index in [4.69, 9.17) is 0 Å². The summed E-state index contributed by atoms with van der Waals surface area (Å²) in [5, 5.41) is 2.93. The summed E-state index contributed by atoms with van der Waals surface area (Å²) < 4.78 is 28.1. The van der Waals surface area contributed by atoms with Crippen LogP contribution in [-0.2, 0) is 16.6 Å². The first-order valence-electron chi connectivity index (χ1n) is 11.7. The largest absolute Gasteiger partial charge is 0.372 e. The molecule has 0 saturated carbocycles. The number of benzene rings is 2. The molecular weight excluding hydrogens is 422 g/mol. The molecule has 1 N–H and O–H groups in total. The molecule has 6 nitrogen and oxygen atoms in total. The Kier molecular flexibility index (Phi) is 7.16. The number of aryl methyl sites for hydroxylation is 1. The summed E-state index contributed by atoms with van der Waals surface area (Å²) in [6.45, 7) is 5.49. The molecule has 2 aromatic rings. The van der Waals surface area contributed by atoms with E-state index in [0.717, 1.165) is 44.3 Å². The van der Waals surface area contributed by atoms with E-state index in [9.17, 15) is 13.2 Å². The molecule has 2 aliphatic rings. The third kappa shape index (κ3) is 5.15. The molecule has 0 radical (unpaired) electrons. The van der Waals surface area contributed by atoms with E-state index < -0.39 is 10.0 Å². The van der Waals surface area contributed by atoms with Crippen LogP contribution >= 0.6 is 0 Å². The summed E-state index contributed by atoms with van der Waals surface area (Å²) >= 11 is 0. The summed E-state index contributed by atoms with van der Waals surface area (Å²) in [4.78, 5) is 15.4. The van der Waals surface area contributed by atoms with Crippen molar-refractivity contribution in [2.45, 2.75) is 56.9 Å². The number of nitrogens with one attached hydrogen (secondary N) is 1. The van der Waals surface area contributed by atoms with Gasteiger partial charge in [-0.1, -0.05) is 31.0 Å². The number of carbonyl (C=O) groups is 1. The lowest BCUT2D eigenvalue weighted by atomic mass is 10.1. The second-order valence-corrected chi connectivity index (χ2v) is 10.7. The molecule has 0 atom stereocenters. The highest BCUT2D eigenvalue weighted by atomic mass is 32.2. The van der Waals surface area contributed by atoms with Crippen LogP contribution in [0.4, 0.5) is 5.69 Å². The Hall–Kier alpha value is -2.38. The Morgan fingerprint density at radius 1 is 0.875 bits per heavy atom. The van der Waals surface area contributed by atoms with Gasteiger partial charge in [0, 0.05) is 44.0 Å². The number of hydrogen-bond acceptors (Lipinski definition) is 4. The van der Waals surface area contributed by atoms with Gasteiger partial charge in [-0.15, -0.1) is 0 Å². The Morgan fingerprint density at radius 2 is 1.50 bits per heavy atom. The molecule has 1 amide bonds. The maximum absolute atomic E-state index is 13.2. The van der Waals surface area contributed by atoms with Crippen LogP contribution in [0.15, 0.2) is 47.4 Å². The van der Waals surface area contributed by atoms with Gasteiger partial charge in [-0.3, -0.25) is 4.79 Å². The topological polar surface area (TPSA) is 69.7 Å². The third-order valence-corrected chi connectivity index (χ3v) is 8.53. The van der Waals surface area contributed by atoms with Crippen molar-refractivity contribution in [2.24, 2.45) is 0 Å². The predicted octanol–water partition coefficient (Wildman–Crippen LogP) is 4.09. The van der Waals surface area contributed by atoms with Crippen molar-refractivity contribution in [3.05, 3.63) is 59.2 Å². The fourth-order valence-corrected chi connectivity index (χ4v) is 6.29. The minimum atomic E-state index is -3.60. The van der Waals surface area contributed by atoms with Crippen LogP contribution in [0.5, 0.6) is 0 Å². The highest BCUT2D eigenvalue weighted by Crippen LogP contribution is 2.24. The van der Waals surface area contributed by atoms with Crippen molar-refractivity contribution in [3.63, 3.8) is 0 Å². The SMILES string of the molecule is Cc1ccc(C(=O)NCc2ccc(N3CCCC3)cc2)cc1S(=O)(=O)N1CCCCCC1. The molecule has 0 aliphatic carbocycles. The lowest BCUT2D eigenvalue weighted by Gasteiger charge is -2.21. The van der Waals surface area contributed by atoms with E-state index in [1.165, 1.54) is 24.6 Å². The number of nitrogens with zero attached hydrogens (tertiary/aromatic N) is 2. The first-order valence-corrected chi connectivity index (χ1v) is 13.1. The van der Waals surface area contributed by atoms with Gasteiger partial charge in [0.25, 0.3) is 5.91 Å². The second kappa shape index (κ2) is 10.0. The normalized spacial score (nSPS) is 17.8. The van der Waals surface area contributed by atoms with E-state index in [1.54, 1.807) is 23.4 Å². The van der Waals surface area contributed by atoms with Gasteiger partial charge in [-0.05, 0) is 68.0 Å². The fraction of sp³-hybridized carbons (Fsp3) is 0.480. The molecule has 0 unspecified atom stereocenters. The highest BCUT2D eigenvalue weighted by molar-refractivity contribution is 7.89. The lowest BCUT2D eigenvalue weighted by molar-refractivity contribution is 0.0950. The minimum Gasteiger partial charge on any atom is -0.372 e. The molecule has 7 heteroatoms. The summed E-state index contributed by atoms with van der Waals surface area (Å²) in [7, 11) is -3.60. The molecule has 0 bridgehead atoms. The first kappa shape index (κ1) is 22.8. The van der Waals surface area contributed by atoms with Crippen LogP contribution in [0.2, 0.25) is 0 Å². The molecule has 2 aliphatic heterocycles. The Balaban J connectivity index is 1.43. The van der Waals surface area contributed by atoms with Crippen molar-refractivity contribution in [1.82, 2.24) is 9.62 Å². The first-order chi connectivity index (χ1) is 15.4. The summed E-state index contributed by atoms with van der Waals surface area (Å²) in [6.07, 6.45) is 6.37. The van der Waals surface area contributed by atoms with E-state index in [0.29, 0.717) is 30.8 Å². The van der Waals surface area contributed by atoms with Gasteiger partial charge in [0.1, 0.15) is 0 Å². The second-order valence-electron chi connectivity index (χ2n) is 8.84. The number of carbonyl (C=O) groups excluding carboxylic acids is 1. The molecule has 2 aromatic carbocycles. The molecule has 32 heavy (non-hydrogen) atoms. The average molecular weight is 456 g/mol. The quantitative estimate of drug-likeness (QED) is 0.712. The van der Waals surface area contributed by atoms with Crippen molar-refractivity contribution in [1.29, 1.82) is 0 Å². The number of amides is 1. The Morgan fingerprint density at radius 3 is 2.16 bits per heavy atom. The maximum atomic E-state index is 13.2. The average Bonchev–Trinajstić information content (AvgIpc) is 3.19. The van der Waals surface area contributed by atoms with Crippen molar-refractivity contribution >= 4 is 21.6 Å². The van der Waals surface area contributed by atoms with E-state index in [2.05, 4.69) is 22.3 Å². The zero-order valence-corrected chi connectivity index (χ0v) is 19.7. The predicted molar refractivity (Wildman–Crippen MR) is 127 cm³/mol. The standard InChI is InChI=1S/C25H33N3O3S/c1-20-8-11-22(18-24(20)32(30,31)28-16-4-2-3-5-17-28)25(29)26-19-21-9-12-23(13-10-21)27-14-6-7-15-27/h8-13,18H,2-7,14-17,19H2,1H3,(H,26,29). The monoisotopic (exact) mass is 455 g/mol. The maximum Gasteiger partial charge on any atom is 0.251 e. The molecule has 4 rings (SSSR count). The van der Waals surface area contributed by atoms with Crippen LogP contribution in [-0.4, -0.2) is 44.8 Å². The van der Waals surface area contributed by atoms with Crippen LogP contribution in [0.25, 0.3) is 0 Å². The summed E-state index contributed by atoms with van der Waals surface area (Å²) in [6, 6.07) is 13.2. The van der Waals surface area contributed by atoms with Crippen molar-refractivity contribution in [3.8, 4) is 0 Å². The van der Waals surface area contributed by atoms with E-state index in [1.807, 2.05) is 12.1 Å². The molecular formula is C25H33N3O3S. The molecule has 0 spiro atoms. The number of sulfonamides is 1. The van der Waals surface area contributed by atoms with E-state index in [-0.39, 0.29) is 10.8 Å². The molecule has 2 saturated heterocycles. The van der Waals surface area contributed by atoms with Gasteiger partial charge < -0.3 is 10.2 Å². The summed E-state index contributed by atoms with van der Waals surface area (Å²) in [5.41, 5.74) is 3.28. The van der Waals surface area contributed by atoms with Gasteiger partial charge in [-0.2, -0.15) is 4.31 Å². The number of anilines is 1. The smallest absolute Gasteiger partial charge is 0.251 e. The zero-order valence-electron chi connectivity index (χ0n) is 18.8. The molecule has 0 aromatic heterocycles.